The number of rotatable bonds is 7. The number of aryl methyl sites for hydroxylation is 1. The smallest absolute Gasteiger partial charge is 0.274 e. The van der Waals surface area contributed by atoms with Crippen molar-refractivity contribution in [3.63, 3.8) is 0 Å². The molecule has 0 atom stereocenters. The maximum atomic E-state index is 12.7. The van der Waals surface area contributed by atoms with Crippen LogP contribution in [0.5, 0.6) is 5.75 Å². The monoisotopic (exact) mass is 404 g/mol. The molecule has 2 aromatic heterocycles. The van der Waals surface area contributed by atoms with E-state index in [1.807, 2.05) is 41.1 Å². The molecule has 0 saturated heterocycles. The van der Waals surface area contributed by atoms with Crippen molar-refractivity contribution in [2.24, 2.45) is 0 Å². The Morgan fingerprint density at radius 3 is 2.67 bits per heavy atom. The van der Waals surface area contributed by atoms with E-state index < -0.39 is 5.91 Å². The first kappa shape index (κ1) is 19.4. The molecule has 0 spiro atoms. The molecule has 0 aliphatic rings. The number of hydrogen-bond donors (Lipinski definition) is 2. The summed E-state index contributed by atoms with van der Waals surface area (Å²) >= 11 is 0. The van der Waals surface area contributed by atoms with Crippen molar-refractivity contribution >= 4 is 16.7 Å². The number of ether oxygens (including phenoxy) is 1. The molecule has 8 nitrogen and oxygen atoms in total. The first-order valence-electron chi connectivity index (χ1n) is 9.44. The van der Waals surface area contributed by atoms with Crippen LogP contribution in [0.4, 0.5) is 0 Å². The van der Waals surface area contributed by atoms with Crippen LogP contribution >= 0.6 is 0 Å². The average molecular weight is 404 g/mol. The Balaban J connectivity index is 1.38. The number of nitrogens with zero attached hydrogens (tertiary/aromatic N) is 3. The predicted octanol–water partition coefficient (Wildman–Crippen LogP) is 2.78. The number of hydroxylamine groups is 1. The highest BCUT2D eigenvalue weighted by Gasteiger charge is 2.08. The largest absolute Gasteiger partial charge is 0.494 e. The standard InChI is InChI=1S/C22H20N4O4/c27-21(24-29)17-3-2-16-8-11-25(22(28)20(16)14-17)10-1-13-30-19-6-4-18(5-7-19)26-12-9-23-15-26/h2-9,11-12,14-15,29H,1,10,13H2,(H,24,27). The maximum Gasteiger partial charge on any atom is 0.274 e. The van der Waals surface area contributed by atoms with E-state index >= 15 is 0 Å². The Bertz CT molecular complexity index is 1210. The normalized spacial score (nSPS) is 10.8. The minimum atomic E-state index is -0.654. The fraction of sp³-hybridized carbons (Fsp3) is 0.136. The quantitative estimate of drug-likeness (QED) is 0.280. The zero-order chi connectivity index (χ0) is 20.9. The van der Waals surface area contributed by atoms with Crippen LogP contribution in [0.1, 0.15) is 16.8 Å². The molecule has 30 heavy (non-hydrogen) atoms. The van der Waals surface area contributed by atoms with Crippen molar-refractivity contribution in [3.05, 3.63) is 89.4 Å². The van der Waals surface area contributed by atoms with Crippen LogP contribution in [0.2, 0.25) is 0 Å². The van der Waals surface area contributed by atoms with Gasteiger partial charge in [-0.25, -0.2) is 10.5 Å². The summed E-state index contributed by atoms with van der Waals surface area (Å²) in [6.07, 6.45) is 7.70. The summed E-state index contributed by atoms with van der Waals surface area (Å²) in [5, 5.41) is 9.95. The van der Waals surface area contributed by atoms with Gasteiger partial charge in [-0.15, -0.1) is 0 Å². The second kappa shape index (κ2) is 8.62. The van der Waals surface area contributed by atoms with Crippen molar-refractivity contribution < 1.29 is 14.7 Å². The summed E-state index contributed by atoms with van der Waals surface area (Å²) in [5.74, 6) is 0.101. The molecule has 8 heteroatoms. The highest BCUT2D eigenvalue weighted by atomic mass is 16.5. The fourth-order valence-corrected chi connectivity index (χ4v) is 3.21. The molecule has 0 saturated carbocycles. The lowest BCUT2D eigenvalue weighted by molar-refractivity contribution is 0.0706. The molecular weight excluding hydrogens is 384 g/mol. The summed E-state index contributed by atoms with van der Waals surface area (Å²) in [7, 11) is 0. The van der Waals surface area contributed by atoms with Crippen LogP contribution in [-0.2, 0) is 6.54 Å². The molecule has 0 unspecified atom stereocenters. The Labute approximate surface area is 171 Å². The summed E-state index contributed by atoms with van der Waals surface area (Å²) in [4.78, 5) is 28.3. The number of amides is 1. The van der Waals surface area contributed by atoms with Gasteiger partial charge in [0.25, 0.3) is 11.5 Å². The van der Waals surface area contributed by atoms with Crippen molar-refractivity contribution in [2.75, 3.05) is 6.61 Å². The van der Waals surface area contributed by atoms with Gasteiger partial charge in [-0.2, -0.15) is 0 Å². The van der Waals surface area contributed by atoms with E-state index in [4.69, 9.17) is 9.94 Å². The third-order valence-electron chi connectivity index (χ3n) is 4.79. The number of imidazole rings is 1. The topological polar surface area (TPSA) is 98.4 Å². The summed E-state index contributed by atoms with van der Waals surface area (Å²) in [5.41, 5.74) is 2.61. The number of aromatic nitrogens is 3. The van der Waals surface area contributed by atoms with Gasteiger partial charge in [0.1, 0.15) is 5.75 Å². The third-order valence-corrected chi connectivity index (χ3v) is 4.79. The van der Waals surface area contributed by atoms with Crippen LogP contribution in [0, 0.1) is 0 Å². The lowest BCUT2D eigenvalue weighted by Gasteiger charge is -2.10. The Morgan fingerprint density at radius 1 is 1.10 bits per heavy atom. The summed E-state index contributed by atoms with van der Waals surface area (Å²) in [6, 6.07) is 14.2. The van der Waals surface area contributed by atoms with Gasteiger partial charge >= 0.3 is 0 Å². The van der Waals surface area contributed by atoms with Gasteiger partial charge < -0.3 is 13.9 Å². The van der Waals surface area contributed by atoms with Gasteiger partial charge in [-0.05, 0) is 54.3 Å². The number of nitrogens with one attached hydrogen (secondary N) is 1. The van der Waals surface area contributed by atoms with Crippen molar-refractivity contribution in [1.29, 1.82) is 0 Å². The highest BCUT2D eigenvalue weighted by Crippen LogP contribution is 2.16. The molecule has 152 valence electrons. The molecule has 0 aliphatic carbocycles. The SMILES string of the molecule is O=C(NO)c1ccc2ccn(CCCOc3ccc(-n4ccnc4)cc3)c(=O)c2c1. The second-order valence-corrected chi connectivity index (χ2v) is 6.72. The lowest BCUT2D eigenvalue weighted by Crippen LogP contribution is -2.22. The fourth-order valence-electron chi connectivity index (χ4n) is 3.21. The van der Waals surface area contributed by atoms with Gasteiger partial charge in [0.15, 0.2) is 0 Å². The number of pyridine rings is 1. The molecule has 4 rings (SSSR count). The lowest BCUT2D eigenvalue weighted by atomic mass is 10.1. The van der Waals surface area contributed by atoms with Gasteiger partial charge in [0.2, 0.25) is 0 Å². The molecule has 0 fully saturated rings. The van der Waals surface area contributed by atoms with E-state index in [1.165, 1.54) is 6.07 Å². The molecular formula is C22H20N4O4. The number of carbonyl (C=O) groups is 1. The minimum Gasteiger partial charge on any atom is -0.494 e. The van der Waals surface area contributed by atoms with Crippen LogP contribution in [0.3, 0.4) is 0 Å². The summed E-state index contributed by atoms with van der Waals surface area (Å²) < 4.78 is 9.27. The molecule has 2 aromatic carbocycles. The van der Waals surface area contributed by atoms with Crippen LogP contribution in [-0.4, -0.2) is 31.8 Å². The number of carbonyl (C=O) groups excluding carboxylic acids is 1. The number of hydrogen-bond acceptors (Lipinski definition) is 5. The van der Waals surface area contributed by atoms with E-state index in [-0.39, 0.29) is 11.1 Å². The highest BCUT2D eigenvalue weighted by molar-refractivity contribution is 5.97. The maximum absolute atomic E-state index is 12.7. The van der Waals surface area contributed by atoms with Crippen molar-refractivity contribution in [2.45, 2.75) is 13.0 Å². The summed E-state index contributed by atoms with van der Waals surface area (Å²) in [6.45, 7) is 0.945. The van der Waals surface area contributed by atoms with Crippen molar-refractivity contribution in [1.82, 2.24) is 19.6 Å². The minimum absolute atomic E-state index is 0.190. The third kappa shape index (κ3) is 4.08. The Kier molecular flexibility index (Phi) is 5.58. The Hall–Kier alpha value is -3.91. The Morgan fingerprint density at radius 2 is 1.93 bits per heavy atom. The average Bonchev–Trinajstić information content (AvgIpc) is 3.33. The molecule has 1 amide bonds. The van der Waals surface area contributed by atoms with Crippen LogP contribution in [0.15, 0.2) is 78.2 Å². The van der Waals surface area contributed by atoms with Crippen LogP contribution < -0.4 is 15.8 Å². The zero-order valence-corrected chi connectivity index (χ0v) is 16.1. The van der Waals surface area contributed by atoms with E-state index in [0.717, 1.165) is 16.8 Å². The van der Waals surface area contributed by atoms with Gasteiger partial charge in [0.05, 0.1) is 12.9 Å². The molecule has 0 radical (unpaired) electrons. The molecule has 4 aromatic rings. The van der Waals surface area contributed by atoms with Crippen LogP contribution in [0.25, 0.3) is 16.5 Å². The van der Waals surface area contributed by atoms with E-state index in [0.29, 0.717) is 25.0 Å². The molecule has 0 aliphatic heterocycles. The molecule has 0 bridgehead atoms. The second-order valence-electron chi connectivity index (χ2n) is 6.72. The first-order chi connectivity index (χ1) is 14.7. The molecule has 2 N–H and O–H groups in total. The van der Waals surface area contributed by atoms with E-state index in [1.54, 1.807) is 40.9 Å². The molecule has 2 heterocycles. The first-order valence-corrected chi connectivity index (χ1v) is 9.44. The van der Waals surface area contributed by atoms with Gasteiger partial charge in [0, 0.05) is 41.8 Å². The zero-order valence-electron chi connectivity index (χ0n) is 16.1. The number of fused-ring (bicyclic) bond motifs is 1. The number of benzene rings is 2. The van der Waals surface area contributed by atoms with Crippen molar-refractivity contribution in [3.8, 4) is 11.4 Å². The van der Waals surface area contributed by atoms with Gasteiger partial charge in [-0.3, -0.25) is 14.8 Å². The van der Waals surface area contributed by atoms with Gasteiger partial charge in [-0.1, -0.05) is 6.07 Å². The van der Waals surface area contributed by atoms with E-state index in [9.17, 15) is 9.59 Å². The van der Waals surface area contributed by atoms with E-state index in [2.05, 4.69) is 4.98 Å². The predicted molar refractivity (Wildman–Crippen MR) is 111 cm³/mol.